The van der Waals surface area contributed by atoms with E-state index in [9.17, 15) is 58.2 Å². The summed E-state index contributed by atoms with van der Waals surface area (Å²) in [6.07, 6.45) is 5.07. The number of nitrogens with zero attached hydrogens (tertiary/aromatic N) is 2. The van der Waals surface area contributed by atoms with E-state index in [0.29, 0.717) is 62.7 Å². The zero-order chi connectivity index (χ0) is 59.2. The summed E-state index contributed by atoms with van der Waals surface area (Å²) in [4.78, 5) is 143. The van der Waals surface area contributed by atoms with E-state index in [-0.39, 0.29) is 57.4 Å². The van der Waals surface area contributed by atoms with Gasteiger partial charge in [0.1, 0.15) is 48.3 Å². The van der Waals surface area contributed by atoms with Gasteiger partial charge in [-0.1, -0.05) is 62.4 Å². The molecule has 9 atom stereocenters. The van der Waals surface area contributed by atoms with Gasteiger partial charge >= 0.3 is 5.97 Å². The standard InChI is InChI=1S/C55H81N13O12S/c1-32(2)46(52(76)62-38(18-8-10-22-56)48(72)63-39(55(79)80)19-9-11-23-57)66-49(73)40(27-34-28-59-37-17-7-6-16-35(34)37)64-51(75)43-20-12-24-67(43)54(78)44-21-13-25-68(44)53(77)41(26-33-14-4-3-5-15-33)65-50(74)42(30-69)61-45(70)29-60-47(71)36(58)31-81/h3-7,14-17,28,32,36,38-44,46,59,69,81H,8-13,18-27,29-31,56-58H2,1-2H3,(H,60,71)(H,61,70)(H,62,76)(H,63,72)(H,64,75)(H,65,74)(H,66,73)(H,79,80)/t36-,38-,39-,40-,41-,42-,43-,44-,46-/m0/s1. The van der Waals surface area contributed by atoms with Crippen LogP contribution in [-0.2, 0) is 60.8 Å². The van der Waals surface area contributed by atoms with Gasteiger partial charge in [-0.25, -0.2) is 4.79 Å². The van der Waals surface area contributed by atoms with Crippen LogP contribution in [0.2, 0.25) is 0 Å². The number of rotatable bonds is 32. The molecule has 9 amide bonds. The highest BCUT2D eigenvalue weighted by atomic mass is 32.1. The van der Waals surface area contributed by atoms with Crippen LogP contribution in [0.1, 0.15) is 89.2 Å². The molecule has 2 aliphatic rings. The van der Waals surface area contributed by atoms with Crippen LogP contribution in [0.5, 0.6) is 0 Å². The van der Waals surface area contributed by atoms with Gasteiger partial charge in [-0.15, -0.1) is 0 Å². The van der Waals surface area contributed by atoms with Crippen molar-refractivity contribution in [2.45, 2.75) is 145 Å². The van der Waals surface area contributed by atoms with Crippen molar-refractivity contribution in [3.05, 3.63) is 71.9 Å². The summed E-state index contributed by atoms with van der Waals surface area (Å²) >= 11 is 3.97. The summed E-state index contributed by atoms with van der Waals surface area (Å²) in [7, 11) is 0. The molecule has 0 aliphatic carbocycles. The van der Waals surface area contributed by atoms with Crippen molar-refractivity contribution >= 4 is 82.7 Å². The van der Waals surface area contributed by atoms with Gasteiger partial charge in [0.05, 0.1) is 19.2 Å². The number of nitrogens with one attached hydrogen (secondary N) is 8. The van der Waals surface area contributed by atoms with E-state index in [1.54, 1.807) is 50.4 Å². The second-order valence-electron chi connectivity index (χ2n) is 20.8. The topological polar surface area (TPSA) is 396 Å². The summed E-state index contributed by atoms with van der Waals surface area (Å²) in [5, 5.41) is 39.1. The number of benzene rings is 2. The Kier molecular flexibility index (Phi) is 25.8. The summed E-state index contributed by atoms with van der Waals surface area (Å²) in [6, 6.07) is 5.21. The largest absolute Gasteiger partial charge is 0.480 e. The molecule has 444 valence electrons. The zero-order valence-corrected chi connectivity index (χ0v) is 46.9. The molecule has 16 N–H and O–H groups in total. The minimum atomic E-state index is -1.53. The highest BCUT2D eigenvalue weighted by Gasteiger charge is 2.45. The summed E-state index contributed by atoms with van der Waals surface area (Å²) < 4.78 is 0. The van der Waals surface area contributed by atoms with E-state index < -0.39 is 133 Å². The molecule has 81 heavy (non-hydrogen) atoms. The maximum absolute atomic E-state index is 14.8. The molecule has 5 rings (SSSR count). The smallest absolute Gasteiger partial charge is 0.326 e. The van der Waals surface area contributed by atoms with E-state index >= 15 is 0 Å². The summed E-state index contributed by atoms with van der Waals surface area (Å²) in [6.45, 7) is 2.90. The normalized spacial score (nSPS) is 17.7. The molecule has 3 heterocycles. The first kappa shape index (κ1) is 64.7. The SMILES string of the molecule is CC(C)[C@H](NC(=O)[C@H](Cc1c[nH]c2ccccc12)NC(=O)[C@@H]1CCCN1C(=O)[C@@H]1CCCN1C(=O)[C@H](Cc1ccccc1)NC(=O)[C@H](CO)NC(=O)CNC(=O)[C@@H](N)CS)C(=O)N[C@@H](CCCCN)C(=O)N[C@@H](CCCCN)C(=O)O. The van der Waals surface area contributed by atoms with E-state index in [0.717, 1.165) is 10.9 Å². The fourth-order valence-corrected chi connectivity index (χ4v) is 10.1. The lowest BCUT2D eigenvalue weighted by Crippen LogP contribution is -2.61. The predicted octanol–water partition coefficient (Wildman–Crippen LogP) is -1.79. The van der Waals surface area contributed by atoms with Gasteiger partial charge in [0.25, 0.3) is 0 Å². The van der Waals surface area contributed by atoms with Crippen LogP contribution < -0.4 is 54.4 Å². The molecule has 0 radical (unpaired) electrons. The van der Waals surface area contributed by atoms with Crippen molar-refractivity contribution in [2.24, 2.45) is 23.1 Å². The van der Waals surface area contributed by atoms with Gasteiger partial charge in [0, 0.05) is 48.8 Å². The number of thiol groups is 1. The highest BCUT2D eigenvalue weighted by molar-refractivity contribution is 7.80. The van der Waals surface area contributed by atoms with Crippen molar-refractivity contribution in [3.63, 3.8) is 0 Å². The van der Waals surface area contributed by atoms with Gasteiger partial charge in [-0.3, -0.25) is 43.2 Å². The molecule has 2 aromatic carbocycles. The van der Waals surface area contributed by atoms with Crippen LogP contribution in [0.15, 0.2) is 60.8 Å². The number of aliphatic carboxylic acids is 1. The van der Waals surface area contributed by atoms with Crippen molar-refractivity contribution in [1.82, 2.24) is 52.0 Å². The number of unbranched alkanes of at least 4 members (excludes halogenated alkanes) is 2. The average molecular weight is 1150 g/mol. The third kappa shape index (κ3) is 18.7. The van der Waals surface area contributed by atoms with E-state index in [1.807, 2.05) is 24.3 Å². The predicted molar refractivity (Wildman–Crippen MR) is 303 cm³/mol. The van der Waals surface area contributed by atoms with Crippen LogP contribution in [0.25, 0.3) is 10.9 Å². The number of hydrogen-bond donors (Lipinski definition) is 14. The van der Waals surface area contributed by atoms with Crippen LogP contribution in [0, 0.1) is 5.92 Å². The third-order valence-electron chi connectivity index (χ3n) is 14.5. The molecule has 25 nitrogen and oxygen atoms in total. The number of aromatic amines is 1. The number of para-hydroxylation sites is 1. The summed E-state index contributed by atoms with van der Waals surface area (Å²) in [5.74, 6) is -8.14. The number of nitrogens with two attached hydrogens (primary N) is 3. The lowest BCUT2D eigenvalue weighted by atomic mass is 9.99. The number of carboxylic acid groups (broad SMARTS) is 1. The van der Waals surface area contributed by atoms with Gasteiger partial charge in [0.2, 0.25) is 53.2 Å². The van der Waals surface area contributed by atoms with Crippen LogP contribution in [0.3, 0.4) is 0 Å². The molecule has 0 saturated carbocycles. The number of likely N-dealkylation sites (tertiary alicyclic amines) is 2. The first-order valence-corrected chi connectivity index (χ1v) is 28.3. The molecule has 2 saturated heterocycles. The number of fused-ring (bicyclic) bond motifs is 1. The molecule has 0 spiro atoms. The maximum Gasteiger partial charge on any atom is 0.326 e. The Morgan fingerprint density at radius 1 is 0.667 bits per heavy atom. The Balaban J connectivity index is 1.35. The van der Waals surface area contributed by atoms with Crippen molar-refractivity contribution < 1.29 is 58.2 Å². The monoisotopic (exact) mass is 1150 g/mol. The molecular weight excluding hydrogens is 1070 g/mol. The third-order valence-corrected chi connectivity index (χ3v) is 14.9. The fraction of sp³-hybridized carbons (Fsp3) is 0.564. The average Bonchev–Trinajstić information content (AvgIpc) is 4.34. The van der Waals surface area contributed by atoms with E-state index in [2.05, 4.69) is 54.8 Å². The number of carbonyl (C=O) groups excluding carboxylic acids is 9. The minimum Gasteiger partial charge on any atom is -0.480 e. The van der Waals surface area contributed by atoms with Crippen molar-refractivity contribution in [3.8, 4) is 0 Å². The van der Waals surface area contributed by atoms with Gasteiger partial charge in [-0.2, -0.15) is 12.6 Å². The van der Waals surface area contributed by atoms with E-state index in [4.69, 9.17) is 17.2 Å². The molecule has 2 fully saturated rings. The Hall–Kier alpha value is -7.13. The molecule has 2 aliphatic heterocycles. The van der Waals surface area contributed by atoms with Gasteiger partial charge < -0.3 is 79.4 Å². The van der Waals surface area contributed by atoms with Gasteiger partial charge in [0.15, 0.2) is 0 Å². The highest BCUT2D eigenvalue weighted by Crippen LogP contribution is 2.27. The first-order valence-electron chi connectivity index (χ1n) is 27.7. The first-order chi connectivity index (χ1) is 38.8. The molecular formula is C55H81N13O12S. The van der Waals surface area contributed by atoms with E-state index in [1.165, 1.54) is 9.80 Å². The zero-order valence-electron chi connectivity index (χ0n) is 46.0. The number of aliphatic hydroxyl groups is 1. The Labute approximate surface area is 476 Å². The lowest BCUT2D eigenvalue weighted by Gasteiger charge is -2.34. The maximum atomic E-state index is 14.8. The minimum absolute atomic E-state index is 0.0174. The Morgan fingerprint density at radius 2 is 1.26 bits per heavy atom. The van der Waals surface area contributed by atoms with Crippen LogP contribution >= 0.6 is 12.6 Å². The van der Waals surface area contributed by atoms with Crippen LogP contribution in [0.4, 0.5) is 0 Å². The molecule has 1 aromatic heterocycles. The number of carbonyl (C=O) groups is 10. The molecule has 0 unspecified atom stereocenters. The molecule has 3 aromatic rings. The summed E-state index contributed by atoms with van der Waals surface area (Å²) in [5.41, 5.74) is 19.1. The number of carboxylic acids is 1. The number of H-pyrrole nitrogens is 1. The van der Waals surface area contributed by atoms with Crippen molar-refractivity contribution in [1.29, 1.82) is 0 Å². The second-order valence-corrected chi connectivity index (χ2v) is 21.2. The quantitative estimate of drug-likeness (QED) is 0.0243. The second kappa shape index (κ2) is 32.3. The Bertz CT molecular complexity index is 2640. The fourth-order valence-electron chi connectivity index (χ4n) is 9.96. The molecule has 26 heteroatoms. The molecule has 0 bridgehead atoms. The number of hydrogen-bond acceptors (Lipinski definition) is 15. The van der Waals surface area contributed by atoms with Crippen LogP contribution in [-0.4, -0.2) is 184 Å². The van der Waals surface area contributed by atoms with Crippen molar-refractivity contribution in [2.75, 3.05) is 45.1 Å². The number of aromatic nitrogens is 1. The lowest BCUT2D eigenvalue weighted by molar-refractivity contribution is -0.148. The Morgan fingerprint density at radius 3 is 1.90 bits per heavy atom. The number of aliphatic hydroxyl groups excluding tert-OH is 1. The van der Waals surface area contributed by atoms with Gasteiger partial charge in [-0.05, 0) is 100 Å². The number of amides is 9.